The third kappa shape index (κ3) is 6.17. The molecule has 2 unspecified atom stereocenters. The summed E-state index contributed by atoms with van der Waals surface area (Å²) in [7, 11) is 0. The molecule has 0 radical (unpaired) electrons. The van der Waals surface area contributed by atoms with Crippen molar-refractivity contribution in [1.29, 1.82) is 0 Å². The normalized spacial score (nSPS) is 24.7. The molecule has 1 aromatic carbocycles. The smallest absolute Gasteiger partial charge is 0.0472 e. The van der Waals surface area contributed by atoms with Gasteiger partial charge in [0.2, 0.25) is 0 Å². The van der Waals surface area contributed by atoms with Crippen molar-refractivity contribution in [1.82, 2.24) is 0 Å². The van der Waals surface area contributed by atoms with Crippen LogP contribution in [0.5, 0.6) is 0 Å². The van der Waals surface area contributed by atoms with Crippen molar-refractivity contribution >= 4 is 63.7 Å². The Hall–Kier alpha value is 0.620. The quantitative estimate of drug-likeness (QED) is 0.358. The zero-order chi connectivity index (χ0) is 15.2. The maximum atomic E-state index is 3.63. The molecule has 0 bridgehead atoms. The van der Waals surface area contributed by atoms with Crippen LogP contribution in [0, 0.1) is 5.92 Å². The number of alkyl halides is 3. The van der Waals surface area contributed by atoms with Gasteiger partial charge in [0.1, 0.15) is 0 Å². The largest absolute Gasteiger partial charge is 0.0876 e. The van der Waals surface area contributed by atoms with Gasteiger partial charge in [0.25, 0.3) is 0 Å². The highest BCUT2D eigenvalue weighted by molar-refractivity contribution is 9.12. The minimum Gasteiger partial charge on any atom is -0.0876 e. The predicted octanol–water partition coefficient (Wildman–Crippen LogP) is 7.10. The molecule has 0 amide bonds. The van der Waals surface area contributed by atoms with Crippen molar-refractivity contribution in [2.75, 3.05) is 0 Å². The molecule has 0 spiro atoms. The van der Waals surface area contributed by atoms with Crippen molar-refractivity contribution in [2.45, 2.75) is 28.8 Å². The number of hydrogen-bond donors (Lipinski definition) is 0. The summed E-state index contributed by atoms with van der Waals surface area (Å²) in [5, 5.41) is 1.88. The molecule has 1 aromatic rings. The fraction of sp³-hybridized carbons (Fsp3) is 0.375. The molecule has 2 atom stereocenters. The average Bonchev–Trinajstić information content (AvgIpc) is 2.44. The zero-order valence-corrected chi connectivity index (χ0v) is 17.9. The van der Waals surface area contributed by atoms with E-state index in [1.165, 1.54) is 15.6 Å². The highest BCUT2D eigenvalue weighted by atomic mass is 79.9. The van der Waals surface area contributed by atoms with Gasteiger partial charge in [0, 0.05) is 19.5 Å². The Bertz CT molecular complexity index is 449. The molecular formula is C16H18Br4. The van der Waals surface area contributed by atoms with E-state index in [1.54, 1.807) is 0 Å². The molecule has 0 heterocycles. The Labute approximate surface area is 155 Å². The Balaban J connectivity index is 0.000000200. The Morgan fingerprint density at radius 2 is 1.50 bits per heavy atom. The summed E-state index contributed by atoms with van der Waals surface area (Å²) in [6.07, 6.45) is 6.45. The number of rotatable bonds is 2. The SMILES string of the molecule is BrCc1ccc(CBr)cc1.CC1C=C(Br)C=CC1(C)Br. The van der Waals surface area contributed by atoms with Gasteiger partial charge in [0.15, 0.2) is 0 Å². The Kier molecular flexibility index (Phi) is 8.32. The van der Waals surface area contributed by atoms with E-state index >= 15 is 0 Å². The fourth-order valence-corrected chi connectivity index (χ4v) is 3.11. The fourth-order valence-electron chi connectivity index (χ4n) is 1.57. The van der Waals surface area contributed by atoms with Crippen LogP contribution in [-0.4, -0.2) is 4.32 Å². The molecule has 20 heavy (non-hydrogen) atoms. The summed E-state index contributed by atoms with van der Waals surface area (Å²) in [6, 6.07) is 8.52. The van der Waals surface area contributed by atoms with E-state index in [0.717, 1.165) is 10.7 Å². The van der Waals surface area contributed by atoms with Gasteiger partial charge in [-0.3, -0.25) is 0 Å². The van der Waals surface area contributed by atoms with Crippen molar-refractivity contribution in [3.63, 3.8) is 0 Å². The second-order valence-electron chi connectivity index (χ2n) is 4.91. The lowest BCUT2D eigenvalue weighted by molar-refractivity contribution is 0.611. The minimum absolute atomic E-state index is 0.143. The van der Waals surface area contributed by atoms with Gasteiger partial charge >= 0.3 is 0 Å². The zero-order valence-electron chi connectivity index (χ0n) is 11.5. The van der Waals surface area contributed by atoms with Crippen molar-refractivity contribution in [2.24, 2.45) is 5.92 Å². The second-order valence-corrected chi connectivity index (χ2v) is 8.65. The van der Waals surface area contributed by atoms with Crippen LogP contribution in [0.4, 0.5) is 0 Å². The standard InChI is InChI=1S/C8H10Br2.C8H8Br2/c1-6-5-7(9)3-4-8(6,2)10;9-5-7-1-2-8(6-10)4-3-7/h3-6H,1-2H3;1-4H,5-6H2. The molecule has 0 fully saturated rings. The molecular weight excluding hydrogens is 512 g/mol. The molecule has 0 N–H and O–H groups in total. The van der Waals surface area contributed by atoms with E-state index in [0.29, 0.717) is 5.92 Å². The highest BCUT2D eigenvalue weighted by Crippen LogP contribution is 2.35. The molecule has 0 saturated heterocycles. The molecule has 0 aliphatic heterocycles. The number of hydrogen-bond acceptors (Lipinski definition) is 0. The summed E-state index contributed by atoms with van der Waals surface area (Å²) in [5.74, 6) is 0.548. The van der Waals surface area contributed by atoms with Crippen molar-refractivity contribution in [3.8, 4) is 0 Å². The van der Waals surface area contributed by atoms with E-state index in [9.17, 15) is 0 Å². The number of allylic oxidation sites excluding steroid dienone is 4. The predicted molar refractivity (Wildman–Crippen MR) is 104 cm³/mol. The number of halogens is 4. The molecule has 0 aromatic heterocycles. The molecule has 1 aliphatic carbocycles. The van der Waals surface area contributed by atoms with Crippen LogP contribution in [0.1, 0.15) is 25.0 Å². The third-order valence-electron chi connectivity index (χ3n) is 3.20. The molecule has 0 nitrogen and oxygen atoms in total. The lowest BCUT2D eigenvalue weighted by atomic mass is 9.92. The topological polar surface area (TPSA) is 0 Å². The van der Waals surface area contributed by atoms with E-state index < -0.39 is 0 Å². The maximum Gasteiger partial charge on any atom is 0.0472 e. The van der Waals surface area contributed by atoms with Gasteiger partial charge in [-0.1, -0.05) is 113 Å². The Morgan fingerprint density at radius 1 is 1.05 bits per heavy atom. The first kappa shape index (κ1) is 18.7. The van der Waals surface area contributed by atoms with E-state index in [-0.39, 0.29) is 4.32 Å². The maximum absolute atomic E-state index is 3.63. The van der Waals surface area contributed by atoms with Gasteiger partial charge in [-0.15, -0.1) is 0 Å². The van der Waals surface area contributed by atoms with Crippen LogP contribution in [0.2, 0.25) is 0 Å². The monoisotopic (exact) mass is 526 g/mol. The summed E-state index contributed by atoms with van der Waals surface area (Å²) in [4.78, 5) is 0. The van der Waals surface area contributed by atoms with Gasteiger partial charge in [-0.05, 0) is 24.0 Å². The molecule has 0 saturated carbocycles. The lowest BCUT2D eigenvalue weighted by Crippen LogP contribution is -2.23. The molecule has 4 heteroatoms. The first-order chi connectivity index (χ1) is 9.39. The highest BCUT2D eigenvalue weighted by Gasteiger charge is 2.25. The third-order valence-corrected chi connectivity index (χ3v) is 6.01. The molecule has 2 rings (SSSR count). The minimum atomic E-state index is 0.143. The lowest BCUT2D eigenvalue weighted by Gasteiger charge is -2.26. The van der Waals surface area contributed by atoms with Gasteiger partial charge in [0.05, 0.1) is 0 Å². The van der Waals surface area contributed by atoms with Gasteiger partial charge < -0.3 is 0 Å². The van der Waals surface area contributed by atoms with Crippen LogP contribution in [-0.2, 0) is 10.7 Å². The van der Waals surface area contributed by atoms with E-state index in [1.807, 2.05) is 0 Å². The number of benzene rings is 1. The van der Waals surface area contributed by atoms with Crippen molar-refractivity contribution < 1.29 is 0 Å². The van der Waals surface area contributed by atoms with Crippen LogP contribution < -0.4 is 0 Å². The van der Waals surface area contributed by atoms with Crippen LogP contribution in [0.15, 0.2) is 47.0 Å². The van der Waals surface area contributed by atoms with Crippen LogP contribution in [0.3, 0.4) is 0 Å². The van der Waals surface area contributed by atoms with E-state index in [4.69, 9.17) is 0 Å². The summed E-state index contributed by atoms with van der Waals surface area (Å²) in [6.45, 7) is 4.36. The van der Waals surface area contributed by atoms with Gasteiger partial charge in [-0.2, -0.15) is 0 Å². The van der Waals surface area contributed by atoms with Crippen molar-refractivity contribution in [3.05, 3.63) is 58.1 Å². The summed E-state index contributed by atoms with van der Waals surface area (Å²) in [5.41, 5.74) is 2.65. The summed E-state index contributed by atoms with van der Waals surface area (Å²) >= 11 is 13.9. The summed E-state index contributed by atoms with van der Waals surface area (Å²) < 4.78 is 1.32. The van der Waals surface area contributed by atoms with Gasteiger partial charge in [-0.25, -0.2) is 0 Å². The van der Waals surface area contributed by atoms with Crippen LogP contribution in [0.25, 0.3) is 0 Å². The average molecular weight is 530 g/mol. The molecule has 110 valence electrons. The first-order valence-electron chi connectivity index (χ1n) is 6.34. The van der Waals surface area contributed by atoms with Crippen LogP contribution >= 0.6 is 63.7 Å². The second kappa shape index (κ2) is 8.92. The Morgan fingerprint density at radius 3 is 1.80 bits per heavy atom. The van der Waals surface area contributed by atoms with E-state index in [2.05, 4.69) is 120 Å². The first-order valence-corrected chi connectivity index (χ1v) is 10.2. The molecule has 1 aliphatic rings.